The van der Waals surface area contributed by atoms with E-state index in [0.29, 0.717) is 6.61 Å². The lowest BCUT2D eigenvalue weighted by molar-refractivity contribution is 0.282. The zero-order valence-corrected chi connectivity index (χ0v) is 13.3. The van der Waals surface area contributed by atoms with Gasteiger partial charge < -0.3 is 5.11 Å². The Morgan fingerprint density at radius 2 is 1.00 bits per heavy atom. The molecule has 1 radical (unpaired) electrons. The molecule has 1 heteroatoms. The summed E-state index contributed by atoms with van der Waals surface area (Å²) in [5.41, 5.74) is 0. The van der Waals surface area contributed by atoms with Crippen LogP contribution in [0.1, 0.15) is 103 Å². The van der Waals surface area contributed by atoms with Gasteiger partial charge in [-0.2, -0.15) is 0 Å². The van der Waals surface area contributed by atoms with Crippen molar-refractivity contribution in [2.75, 3.05) is 6.61 Å². The predicted molar refractivity (Wildman–Crippen MR) is 86.3 cm³/mol. The Morgan fingerprint density at radius 3 is 1.47 bits per heavy atom. The van der Waals surface area contributed by atoms with E-state index in [1.807, 2.05) is 0 Å². The Labute approximate surface area is 122 Å². The summed E-state index contributed by atoms with van der Waals surface area (Å²) < 4.78 is 0. The van der Waals surface area contributed by atoms with E-state index in [1.165, 1.54) is 89.9 Å². The van der Waals surface area contributed by atoms with E-state index in [0.717, 1.165) is 6.42 Å². The molecule has 0 rings (SSSR count). The summed E-state index contributed by atoms with van der Waals surface area (Å²) in [6, 6.07) is 0. The molecule has 0 aromatic carbocycles. The highest BCUT2D eigenvalue weighted by atomic mass is 16.2. The van der Waals surface area contributed by atoms with Gasteiger partial charge in [-0.15, -0.1) is 0 Å². The first-order chi connectivity index (χ1) is 9.41. The van der Waals surface area contributed by atoms with Crippen LogP contribution in [0.25, 0.3) is 0 Å². The number of unbranched alkanes of at least 4 members (excludes halogenated alkanes) is 15. The van der Waals surface area contributed by atoms with Gasteiger partial charge in [0.25, 0.3) is 0 Å². The Kier molecular flexibility index (Phi) is 17.9. The highest BCUT2D eigenvalue weighted by Gasteiger charge is 1.94. The predicted octanol–water partition coefficient (Wildman–Crippen LogP) is 6.05. The largest absolute Gasteiger partial charge is 0.396 e. The Morgan fingerprint density at radius 1 is 0.579 bits per heavy atom. The van der Waals surface area contributed by atoms with Crippen LogP contribution in [0.15, 0.2) is 0 Å². The molecular formula is C18H37O. The van der Waals surface area contributed by atoms with E-state index < -0.39 is 0 Å². The van der Waals surface area contributed by atoms with Gasteiger partial charge in [-0.3, -0.25) is 0 Å². The molecule has 0 aliphatic carbocycles. The number of aliphatic hydroxyl groups is 1. The maximum atomic E-state index is 8.67. The van der Waals surface area contributed by atoms with Crippen LogP contribution in [-0.2, 0) is 0 Å². The molecule has 0 saturated heterocycles. The number of rotatable bonds is 16. The van der Waals surface area contributed by atoms with Crippen LogP contribution in [-0.4, -0.2) is 11.7 Å². The quantitative estimate of drug-likeness (QED) is 0.338. The van der Waals surface area contributed by atoms with Gasteiger partial charge in [-0.25, -0.2) is 0 Å². The summed E-state index contributed by atoms with van der Waals surface area (Å²) in [5.74, 6) is 0. The number of hydrogen-bond donors (Lipinski definition) is 1. The second-order valence-corrected chi connectivity index (χ2v) is 5.83. The van der Waals surface area contributed by atoms with Crippen molar-refractivity contribution in [2.45, 2.75) is 103 Å². The number of aliphatic hydroxyl groups excluding tert-OH is 1. The lowest BCUT2D eigenvalue weighted by Gasteiger charge is -2.03. The molecule has 0 heterocycles. The van der Waals surface area contributed by atoms with Crippen molar-refractivity contribution in [3.05, 3.63) is 6.42 Å². The minimum Gasteiger partial charge on any atom is -0.396 e. The summed E-state index contributed by atoms with van der Waals surface area (Å²) in [5, 5.41) is 8.67. The monoisotopic (exact) mass is 269 g/mol. The third-order valence-electron chi connectivity index (χ3n) is 3.83. The van der Waals surface area contributed by atoms with E-state index in [-0.39, 0.29) is 0 Å². The lowest BCUT2D eigenvalue weighted by atomic mass is 10.0. The molecule has 0 atom stereocenters. The molecule has 115 valence electrons. The van der Waals surface area contributed by atoms with Gasteiger partial charge in [0.15, 0.2) is 0 Å². The molecular weight excluding hydrogens is 232 g/mol. The van der Waals surface area contributed by atoms with Crippen LogP contribution in [0.2, 0.25) is 0 Å². The fourth-order valence-corrected chi connectivity index (χ4v) is 2.50. The third-order valence-corrected chi connectivity index (χ3v) is 3.83. The summed E-state index contributed by atoms with van der Waals surface area (Å²) in [7, 11) is 0. The normalized spacial score (nSPS) is 11.1. The molecule has 0 bridgehead atoms. The fraction of sp³-hybridized carbons (Fsp3) is 0.944. The molecule has 0 aromatic heterocycles. The van der Waals surface area contributed by atoms with E-state index in [4.69, 9.17) is 5.11 Å². The highest BCUT2D eigenvalue weighted by Crippen LogP contribution is 2.12. The molecule has 0 fully saturated rings. The topological polar surface area (TPSA) is 20.2 Å². The fourth-order valence-electron chi connectivity index (χ4n) is 2.50. The van der Waals surface area contributed by atoms with E-state index in [2.05, 4.69) is 13.3 Å². The van der Waals surface area contributed by atoms with Gasteiger partial charge in [0.05, 0.1) is 0 Å². The van der Waals surface area contributed by atoms with Crippen molar-refractivity contribution >= 4 is 0 Å². The van der Waals surface area contributed by atoms with Crippen molar-refractivity contribution in [1.29, 1.82) is 0 Å². The highest BCUT2D eigenvalue weighted by molar-refractivity contribution is 4.64. The van der Waals surface area contributed by atoms with Gasteiger partial charge in [0, 0.05) is 6.61 Å². The molecule has 0 aromatic rings. The molecule has 1 N–H and O–H groups in total. The summed E-state index contributed by atoms with van der Waals surface area (Å²) in [6.45, 7) is 2.65. The van der Waals surface area contributed by atoms with Crippen LogP contribution in [0.3, 0.4) is 0 Å². The SMILES string of the molecule is CCCCCCCCC[CH]CCCCCCCCO. The summed E-state index contributed by atoms with van der Waals surface area (Å²) >= 11 is 0. The van der Waals surface area contributed by atoms with E-state index >= 15 is 0 Å². The first kappa shape index (κ1) is 19.0. The maximum absolute atomic E-state index is 8.67. The van der Waals surface area contributed by atoms with Crippen molar-refractivity contribution < 1.29 is 5.11 Å². The Bertz CT molecular complexity index is 129. The molecule has 1 nitrogen and oxygen atoms in total. The van der Waals surface area contributed by atoms with E-state index in [1.54, 1.807) is 0 Å². The van der Waals surface area contributed by atoms with Crippen LogP contribution < -0.4 is 0 Å². The van der Waals surface area contributed by atoms with Gasteiger partial charge in [-0.05, 0) is 12.8 Å². The summed E-state index contributed by atoms with van der Waals surface area (Å²) in [4.78, 5) is 0. The maximum Gasteiger partial charge on any atom is 0.0431 e. The molecule has 0 amide bonds. The van der Waals surface area contributed by atoms with Crippen molar-refractivity contribution in [2.24, 2.45) is 0 Å². The molecule has 0 aliphatic heterocycles. The second kappa shape index (κ2) is 18.0. The van der Waals surface area contributed by atoms with Gasteiger partial charge in [0.2, 0.25) is 0 Å². The number of hydrogen-bond acceptors (Lipinski definition) is 1. The van der Waals surface area contributed by atoms with Gasteiger partial charge in [0.1, 0.15) is 0 Å². The smallest absolute Gasteiger partial charge is 0.0431 e. The van der Waals surface area contributed by atoms with Crippen LogP contribution in [0, 0.1) is 6.42 Å². The second-order valence-electron chi connectivity index (χ2n) is 5.83. The molecule has 0 aliphatic rings. The van der Waals surface area contributed by atoms with E-state index in [9.17, 15) is 0 Å². The van der Waals surface area contributed by atoms with Crippen molar-refractivity contribution in [1.82, 2.24) is 0 Å². The van der Waals surface area contributed by atoms with Gasteiger partial charge in [-0.1, -0.05) is 96.8 Å². The first-order valence-electron chi connectivity index (χ1n) is 8.84. The Hall–Kier alpha value is -0.0400. The first-order valence-corrected chi connectivity index (χ1v) is 8.84. The van der Waals surface area contributed by atoms with Crippen LogP contribution >= 0.6 is 0 Å². The Balaban J connectivity index is 2.88. The molecule has 19 heavy (non-hydrogen) atoms. The standard InChI is InChI=1S/C18H37O/c1-2-3-4-5-6-7-8-9-10-11-12-13-14-15-16-17-18-19/h10,19H,2-9,11-18H2,1H3. The van der Waals surface area contributed by atoms with Crippen LogP contribution in [0.4, 0.5) is 0 Å². The van der Waals surface area contributed by atoms with Crippen LogP contribution in [0.5, 0.6) is 0 Å². The average Bonchev–Trinajstić information content (AvgIpc) is 2.43. The third kappa shape index (κ3) is 18.0. The summed E-state index contributed by atoms with van der Waals surface area (Å²) in [6.07, 6.45) is 22.7. The molecule has 0 unspecified atom stereocenters. The minimum absolute atomic E-state index is 0.367. The average molecular weight is 269 g/mol. The zero-order valence-electron chi connectivity index (χ0n) is 13.3. The molecule has 0 saturated carbocycles. The molecule has 0 spiro atoms. The zero-order chi connectivity index (χ0) is 14.0. The van der Waals surface area contributed by atoms with Gasteiger partial charge >= 0.3 is 0 Å². The van der Waals surface area contributed by atoms with Crippen molar-refractivity contribution in [3.63, 3.8) is 0 Å². The lowest BCUT2D eigenvalue weighted by Crippen LogP contribution is -1.85. The van der Waals surface area contributed by atoms with Crippen molar-refractivity contribution in [3.8, 4) is 0 Å². The minimum atomic E-state index is 0.367.